The highest BCUT2D eigenvalue weighted by Gasteiger charge is 1.98. The van der Waals surface area contributed by atoms with Crippen molar-refractivity contribution in [2.24, 2.45) is 5.84 Å². The molecule has 1 atom stereocenters. The lowest BCUT2D eigenvalue weighted by Gasteiger charge is -2.05. The van der Waals surface area contributed by atoms with E-state index in [9.17, 15) is 0 Å². The number of aliphatic hydroxyl groups excluding tert-OH is 1. The molecular formula is C4H12N2OS. The lowest BCUT2D eigenvalue weighted by Crippen LogP contribution is -2.33. The lowest BCUT2D eigenvalue weighted by atomic mass is 10.4. The third kappa shape index (κ3) is 4.39. The average molecular weight is 136 g/mol. The molecule has 3 nitrogen and oxygen atoms in total. The van der Waals surface area contributed by atoms with Crippen LogP contribution in [0.4, 0.5) is 0 Å². The molecule has 0 aromatic heterocycles. The molecule has 0 aliphatic rings. The van der Waals surface area contributed by atoms with Crippen molar-refractivity contribution in [1.29, 1.82) is 0 Å². The van der Waals surface area contributed by atoms with Crippen LogP contribution in [0.3, 0.4) is 0 Å². The van der Waals surface area contributed by atoms with Gasteiger partial charge in [0.25, 0.3) is 0 Å². The zero-order chi connectivity index (χ0) is 6.41. The van der Waals surface area contributed by atoms with Crippen molar-refractivity contribution in [3.63, 3.8) is 0 Å². The van der Waals surface area contributed by atoms with Crippen molar-refractivity contribution >= 4 is 11.8 Å². The number of nitrogens with two attached hydrogens (primary N) is 1. The third-order valence-corrected chi connectivity index (χ3v) is 1.43. The van der Waals surface area contributed by atoms with E-state index >= 15 is 0 Å². The highest BCUT2D eigenvalue weighted by Crippen LogP contribution is 1.94. The van der Waals surface area contributed by atoms with Crippen molar-refractivity contribution in [1.82, 2.24) is 5.43 Å². The fraction of sp³-hybridized carbons (Fsp3) is 1.00. The molecule has 0 fully saturated rings. The molecule has 4 heteroatoms. The zero-order valence-electron chi connectivity index (χ0n) is 4.92. The standard InChI is InChI=1S/C4H12N2OS/c1-8-3-4(7)2-6-5/h4,6-7H,2-3,5H2,1H3. The Bertz CT molecular complexity index is 47.3. The van der Waals surface area contributed by atoms with Gasteiger partial charge in [-0.1, -0.05) is 0 Å². The monoisotopic (exact) mass is 136 g/mol. The van der Waals surface area contributed by atoms with Crippen LogP contribution in [0.15, 0.2) is 0 Å². The van der Waals surface area contributed by atoms with Crippen LogP contribution in [0.5, 0.6) is 0 Å². The van der Waals surface area contributed by atoms with Crippen LogP contribution in [0, 0.1) is 0 Å². The Kier molecular flexibility index (Phi) is 5.52. The molecule has 0 aromatic rings. The van der Waals surface area contributed by atoms with Gasteiger partial charge in [-0.2, -0.15) is 11.8 Å². The maximum absolute atomic E-state index is 8.89. The van der Waals surface area contributed by atoms with Crippen molar-refractivity contribution in [2.75, 3.05) is 18.6 Å². The molecular weight excluding hydrogens is 124 g/mol. The van der Waals surface area contributed by atoms with Gasteiger partial charge in [-0.15, -0.1) is 0 Å². The maximum atomic E-state index is 8.89. The number of hydrazine groups is 1. The zero-order valence-corrected chi connectivity index (χ0v) is 5.74. The summed E-state index contributed by atoms with van der Waals surface area (Å²) in [5.41, 5.74) is 2.39. The number of nitrogens with one attached hydrogen (secondary N) is 1. The Hall–Kier alpha value is 0.230. The van der Waals surface area contributed by atoms with Crippen LogP contribution in [0.2, 0.25) is 0 Å². The van der Waals surface area contributed by atoms with Crippen molar-refractivity contribution < 1.29 is 5.11 Å². The van der Waals surface area contributed by atoms with E-state index in [2.05, 4.69) is 5.43 Å². The summed E-state index contributed by atoms with van der Waals surface area (Å²) in [6, 6.07) is 0. The van der Waals surface area contributed by atoms with Crippen LogP contribution in [-0.4, -0.2) is 29.8 Å². The topological polar surface area (TPSA) is 58.3 Å². The molecule has 0 spiro atoms. The van der Waals surface area contributed by atoms with E-state index in [0.29, 0.717) is 6.54 Å². The summed E-state index contributed by atoms with van der Waals surface area (Å²) in [4.78, 5) is 0. The molecule has 0 aliphatic carbocycles. The van der Waals surface area contributed by atoms with Crippen LogP contribution >= 0.6 is 11.8 Å². The Balaban J connectivity index is 2.92. The van der Waals surface area contributed by atoms with Crippen molar-refractivity contribution in [3.05, 3.63) is 0 Å². The van der Waals surface area contributed by atoms with Crippen molar-refractivity contribution in [2.45, 2.75) is 6.10 Å². The van der Waals surface area contributed by atoms with Gasteiger partial charge in [0.1, 0.15) is 0 Å². The first kappa shape index (κ1) is 8.23. The number of rotatable bonds is 4. The first-order chi connectivity index (χ1) is 3.81. The van der Waals surface area contributed by atoms with Gasteiger partial charge in [-0.3, -0.25) is 11.3 Å². The minimum Gasteiger partial charge on any atom is -0.391 e. The van der Waals surface area contributed by atoms with Gasteiger partial charge < -0.3 is 5.11 Å². The van der Waals surface area contributed by atoms with E-state index < -0.39 is 0 Å². The molecule has 0 saturated heterocycles. The Labute approximate surface area is 53.6 Å². The van der Waals surface area contributed by atoms with E-state index in [1.807, 2.05) is 6.26 Å². The molecule has 4 N–H and O–H groups in total. The molecule has 1 unspecified atom stereocenters. The number of hydrogen-bond acceptors (Lipinski definition) is 4. The molecule has 0 aliphatic heterocycles. The molecule has 0 saturated carbocycles. The minimum absolute atomic E-state index is 0.310. The van der Waals surface area contributed by atoms with Gasteiger partial charge >= 0.3 is 0 Å². The molecule has 0 rings (SSSR count). The summed E-state index contributed by atoms with van der Waals surface area (Å²) in [6.07, 6.45) is 1.63. The van der Waals surface area contributed by atoms with Gasteiger partial charge in [-0.25, -0.2) is 0 Å². The molecule has 0 heterocycles. The Morgan fingerprint density at radius 1 is 1.88 bits per heavy atom. The van der Waals surface area contributed by atoms with Crippen LogP contribution in [-0.2, 0) is 0 Å². The minimum atomic E-state index is -0.310. The molecule has 0 aromatic carbocycles. The lowest BCUT2D eigenvalue weighted by molar-refractivity contribution is 0.196. The summed E-state index contributed by atoms with van der Waals surface area (Å²) < 4.78 is 0. The summed E-state index contributed by atoms with van der Waals surface area (Å²) in [6.45, 7) is 0.473. The Morgan fingerprint density at radius 2 is 2.50 bits per heavy atom. The maximum Gasteiger partial charge on any atom is 0.0768 e. The fourth-order valence-corrected chi connectivity index (χ4v) is 0.890. The first-order valence-corrected chi connectivity index (χ1v) is 3.81. The van der Waals surface area contributed by atoms with Crippen LogP contribution in [0.1, 0.15) is 0 Å². The largest absolute Gasteiger partial charge is 0.391 e. The van der Waals surface area contributed by atoms with Gasteiger partial charge in [-0.05, 0) is 6.26 Å². The summed E-state index contributed by atoms with van der Waals surface area (Å²) in [5.74, 6) is 5.68. The highest BCUT2D eigenvalue weighted by atomic mass is 32.2. The summed E-state index contributed by atoms with van der Waals surface area (Å²) >= 11 is 1.60. The molecule has 0 bridgehead atoms. The average Bonchev–Trinajstić information content (AvgIpc) is 1.68. The van der Waals surface area contributed by atoms with Gasteiger partial charge in [0.15, 0.2) is 0 Å². The van der Waals surface area contributed by atoms with E-state index in [1.54, 1.807) is 11.8 Å². The molecule has 0 radical (unpaired) electrons. The second kappa shape index (κ2) is 5.37. The second-order valence-corrected chi connectivity index (χ2v) is 2.43. The normalized spacial score (nSPS) is 13.9. The van der Waals surface area contributed by atoms with E-state index in [1.165, 1.54) is 0 Å². The predicted molar refractivity (Wildman–Crippen MR) is 36.6 cm³/mol. The van der Waals surface area contributed by atoms with Gasteiger partial charge in [0.2, 0.25) is 0 Å². The van der Waals surface area contributed by atoms with Gasteiger partial charge in [0, 0.05) is 12.3 Å². The highest BCUT2D eigenvalue weighted by molar-refractivity contribution is 7.98. The van der Waals surface area contributed by atoms with Gasteiger partial charge in [0.05, 0.1) is 6.10 Å². The molecule has 8 heavy (non-hydrogen) atoms. The fourth-order valence-electron chi connectivity index (χ4n) is 0.387. The number of thioether (sulfide) groups is 1. The van der Waals surface area contributed by atoms with E-state index in [-0.39, 0.29) is 6.10 Å². The quantitative estimate of drug-likeness (QED) is 0.349. The van der Waals surface area contributed by atoms with Crippen molar-refractivity contribution in [3.8, 4) is 0 Å². The number of hydrogen-bond donors (Lipinski definition) is 3. The third-order valence-electron chi connectivity index (χ3n) is 0.713. The predicted octanol–water partition coefficient (Wildman–Crippen LogP) is -0.826. The molecule has 0 amide bonds. The second-order valence-electron chi connectivity index (χ2n) is 1.52. The van der Waals surface area contributed by atoms with Crippen LogP contribution in [0.25, 0.3) is 0 Å². The van der Waals surface area contributed by atoms with E-state index in [0.717, 1.165) is 5.75 Å². The number of aliphatic hydroxyl groups is 1. The Morgan fingerprint density at radius 3 is 2.88 bits per heavy atom. The SMILES string of the molecule is CSCC(O)CNN. The summed E-state index contributed by atoms with van der Waals surface area (Å²) in [7, 11) is 0. The van der Waals surface area contributed by atoms with Crippen LogP contribution < -0.4 is 11.3 Å². The molecule has 50 valence electrons. The van der Waals surface area contributed by atoms with E-state index in [4.69, 9.17) is 10.9 Å². The first-order valence-electron chi connectivity index (χ1n) is 2.41. The summed E-state index contributed by atoms with van der Waals surface area (Å²) in [5, 5.41) is 8.89. The smallest absolute Gasteiger partial charge is 0.0768 e.